The number of carbonyl (C=O) groups excluding carboxylic acids is 3. The Morgan fingerprint density at radius 2 is 1.69 bits per heavy atom. The number of benzene rings is 1. The van der Waals surface area contributed by atoms with E-state index in [1.165, 1.54) is 7.11 Å². The highest BCUT2D eigenvalue weighted by molar-refractivity contribution is 5.91. The predicted octanol–water partition coefficient (Wildman–Crippen LogP) is 2.01. The van der Waals surface area contributed by atoms with E-state index in [-0.39, 0.29) is 25.0 Å². The summed E-state index contributed by atoms with van der Waals surface area (Å²) in [6.45, 7) is 9.41. The summed E-state index contributed by atoms with van der Waals surface area (Å²) in [7, 11) is 1.49. The SMILES string of the molecule is COCC(=O)N1CCN(C(=O)Cn2cc3cc(NC(=O)OC(C)(C)C)c(C)cc3n2)CC1. The van der Waals surface area contributed by atoms with Crippen molar-refractivity contribution in [1.82, 2.24) is 19.6 Å². The van der Waals surface area contributed by atoms with Crippen LogP contribution in [0.3, 0.4) is 0 Å². The van der Waals surface area contributed by atoms with Crippen LogP contribution in [0.4, 0.5) is 10.5 Å². The van der Waals surface area contributed by atoms with Gasteiger partial charge in [-0.15, -0.1) is 0 Å². The van der Waals surface area contributed by atoms with Crippen molar-refractivity contribution in [3.63, 3.8) is 0 Å². The number of nitrogens with zero attached hydrogens (tertiary/aromatic N) is 4. The van der Waals surface area contributed by atoms with Gasteiger partial charge in [0.15, 0.2) is 0 Å². The van der Waals surface area contributed by atoms with E-state index in [4.69, 9.17) is 9.47 Å². The van der Waals surface area contributed by atoms with E-state index in [1.54, 1.807) is 41.4 Å². The zero-order valence-electron chi connectivity index (χ0n) is 19.3. The molecular weight excluding hydrogens is 414 g/mol. The third kappa shape index (κ3) is 5.97. The number of piperazine rings is 1. The molecule has 1 fully saturated rings. The largest absolute Gasteiger partial charge is 0.444 e. The number of fused-ring (bicyclic) bond motifs is 1. The van der Waals surface area contributed by atoms with Gasteiger partial charge in [0.05, 0.1) is 5.52 Å². The Labute approximate surface area is 187 Å². The standard InChI is InChI=1S/C22H31N5O5/c1-15-10-18-16(11-17(15)23-21(30)32-22(2,3)4)12-27(24-18)13-19(28)25-6-8-26(9-7-25)20(29)14-31-5/h10-12H,6-9,13-14H2,1-5H3,(H,23,30). The van der Waals surface area contributed by atoms with Gasteiger partial charge in [0.25, 0.3) is 0 Å². The Kier molecular flexibility index (Phi) is 7.02. The minimum Gasteiger partial charge on any atom is -0.444 e. The molecular formula is C22H31N5O5. The Hall–Kier alpha value is -3.14. The van der Waals surface area contributed by atoms with Gasteiger partial charge in [-0.25, -0.2) is 4.79 Å². The summed E-state index contributed by atoms with van der Waals surface area (Å²) in [5, 5.41) is 8.08. The first-order valence-corrected chi connectivity index (χ1v) is 10.6. The summed E-state index contributed by atoms with van der Waals surface area (Å²) < 4.78 is 11.8. The van der Waals surface area contributed by atoms with E-state index in [1.807, 2.05) is 19.1 Å². The summed E-state index contributed by atoms with van der Waals surface area (Å²) >= 11 is 0. The molecule has 1 N–H and O–H groups in total. The molecule has 1 saturated heterocycles. The number of anilines is 1. The van der Waals surface area contributed by atoms with Crippen molar-refractivity contribution in [3.8, 4) is 0 Å². The number of aromatic nitrogens is 2. The average molecular weight is 446 g/mol. The fourth-order valence-corrected chi connectivity index (χ4v) is 3.52. The van der Waals surface area contributed by atoms with Crippen LogP contribution in [-0.4, -0.2) is 83.0 Å². The lowest BCUT2D eigenvalue weighted by atomic mass is 10.1. The molecule has 10 nitrogen and oxygen atoms in total. The number of amides is 3. The molecule has 0 atom stereocenters. The van der Waals surface area contributed by atoms with Crippen LogP contribution in [0.15, 0.2) is 18.3 Å². The minimum absolute atomic E-state index is 0.0536. The van der Waals surface area contributed by atoms with Gasteiger partial charge < -0.3 is 19.3 Å². The maximum absolute atomic E-state index is 12.7. The lowest BCUT2D eigenvalue weighted by molar-refractivity contribution is -0.142. The van der Waals surface area contributed by atoms with Gasteiger partial charge in [-0.3, -0.25) is 19.6 Å². The van der Waals surface area contributed by atoms with Crippen molar-refractivity contribution in [2.24, 2.45) is 0 Å². The topological polar surface area (TPSA) is 106 Å². The normalized spacial score (nSPS) is 14.5. The van der Waals surface area contributed by atoms with Gasteiger partial charge in [-0.1, -0.05) is 0 Å². The van der Waals surface area contributed by atoms with Crippen molar-refractivity contribution < 1.29 is 23.9 Å². The molecule has 2 aromatic rings. The van der Waals surface area contributed by atoms with Crippen molar-refractivity contribution in [2.75, 3.05) is 45.2 Å². The van der Waals surface area contributed by atoms with Crippen LogP contribution >= 0.6 is 0 Å². The Bertz CT molecular complexity index is 1000. The molecule has 1 aliphatic rings. The number of ether oxygens (including phenoxy) is 2. The van der Waals surface area contributed by atoms with E-state index in [9.17, 15) is 14.4 Å². The zero-order valence-corrected chi connectivity index (χ0v) is 19.3. The summed E-state index contributed by atoms with van der Waals surface area (Å²) in [4.78, 5) is 40.2. The predicted molar refractivity (Wildman–Crippen MR) is 119 cm³/mol. The number of hydrogen-bond acceptors (Lipinski definition) is 6. The second-order valence-corrected chi connectivity index (χ2v) is 8.87. The fourth-order valence-electron chi connectivity index (χ4n) is 3.52. The van der Waals surface area contributed by atoms with Gasteiger partial charge in [0, 0.05) is 50.6 Å². The van der Waals surface area contributed by atoms with Gasteiger partial charge in [-0.2, -0.15) is 5.10 Å². The Balaban J connectivity index is 1.63. The van der Waals surface area contributed by atoms with Crippen LogP contribution in [0.1, 0.15) is 26.3 Å². The number of aryl methyl sites for hydroxylation is 1. The lowest BCUT2D eigenvalue weighted by Gasteiger charge is -2.34. The summed E-state index contributed by atoms with van der Waals surface area (Å²) in [6, 6.07) is 3.69. The van der Waals surface area contributed by atoms with E-state index >= 15 is 0 Å². The molecule has 1 aromatic heterocycles. The van der Waals surface area contributed by atoms with E-state index < -0.39 is 11.7 Å². The third-order valence-corrected chi connectivity index (χ3v) is 5.08. The average Bonchev–Trinajstić information content (AvgIpc) is 3.07. The molecule has 1 aromatic carbocycles. The van der Waals surface area contributed by atoms with Gasteiger partial charge in [-0.05, 0) is 45.4 Å². The molecule has 0 aliphatic carbocycles. The lowest BCUT2D eigenvalue weighted by Crippen LogP contribution is -2.52. The molecule has 174 valence electrons. The van der Waals surface area contributed by atoms with Gasteiger partial charge in [0.2, 0.25) is 11.8 Å². The van der Waals surface area contributed by atoms with Crippen molar-refractivity contribution in [2.45, 2.75) is 39.8 Å². The summed E-state index contributed by atoms with van der Waals surface area (Å²) in [6.07, 6.45) is 1.26. The quantitative estimate of drug-likeness (QED) is 0.755. The molecule has 2 heterocycles. The number of hydrogen-bond donors (Lipinski definition) is 1. The number of rotatable bonds is 5. The monoisotopic (exact) mass is 445 g/mol. The molecule has 1 aliphatic heterocycles. The smallest absolute Gasteiger partial charge is 0.412 e. The highest BCUT2D eigenvalue weighted by Crippen LogP contribution is 2.23. The first kappa shape index (κ1) is 23.5. The number of methoxy groups -OCH3 is 1. The van der Waals surface area contributed by atoms with Gasteiger partial charge >= 0.3 is 6.09 Å². The van der Waals surface area contributed by atoms with Gasteiger partial charge in [0.1, 0.15) is 18.8 Å². The maximum Gasteiger partial charge on any atom is 0.412 e. The molecule has 32 heavy (non-hydrogen) atoms. The van der Waals surface area contributed by atoms with Crippen LogP contribution in [0.5, 0.6) is 0 Å². The maximum atomic E-state index is 12.7. The Morgan fingerprint density at radius 1 is 1.06 bits per heavy atom. The van der Waals surface area contributed by atoms with Crippen LogP contribution in [0.25, 0.3) is 10.9 Å². The highest BCUT2D eigenvalue weighted by atomic mass is 16.6. The second kappa shape index (κ2) is 9.56. The van der Waals surface area contributed by atoms with E-state index in [2.05, 4.69) is 10.4 Å². The fraction of sp³-hybridized carbons (Fsp3) is 0.545. The molecule has 0 spiro atoms. The molecule has 10 heteroatoms. The molecule has 0 radical (unpaired) electrons. The van der Waals surface area contributed by atoms with Crippen molar-refractivity contribution in [3.05, 3.63) is 23.9 Å². The summed E-state index contributed by atoms with van der Waals surface area (Å²) in [5.74, 6) is -0.121. The second-order valence-electron chi connectivity index (χ2n) is 8.87. The zero-order chi connectivity index (χ0) is 23.5. The first-order chi connectivity index (χ1) is 15.1. The van der Waals surface area contributed by atoms with Crippen molar-refractivity contribution >= 4 is 34.5 Å². The number of nitrogens with one attached hydrogen (secondary N) is 1. The van der Waals surface area contributed by atoms with Crippen LogP contribution < -0.4 is 5.32 Å². The highest BCUT2D eigenvalue weighted by Gasteiger charge is 2.24. The Morgan fingerprint density at radius 3 is 2.28 bits per heavy atom. The third-order valence-electron chi connectivity index (χ3n) is 5.08. The molecule has 3 rings (SSSR count). The van der Waals surface area contributed by atoms with E-state index in [0.717, 1.165) is 16.5 Å². The van der Waals surface area contributed by atoms with Crippen molar-refractivity contribution in [1.29, 1.82) is 0 Å². The molecule has 3 amide bonds. The minimum atomic E-state index is -0.587. The molecule has 0 bridgehead atoms. The van der Waals surface area contributed by atoms with Crippen LogP contribution in [0.2, 0.25) is 0 Å². The summed E-state index contributed by atoms with van der Waals surface area (Å²) in [5.41, 5.74) is 1.63. The van der Waals surface area contributed by atoms with E-state index in [0.29, 0.717) is 31.9 Å². The molecule has 0 saturated carbocycles. The van der Waals surface area contributed by atoms with Crippen LogP contribution in [0, 0.1) is 6.92 Å². The van der Waals surface area contributed by atoms with Crippen LogP contribution in [-0.2, 0) is 25.6 Å². The number of carbonyl (C=O) groups is 3. The molecule has 0 unspecified atom stereocenters. The first-order valence-electron chi connectivity index (χ1n) is 10.6.